The van der Waals surface area contributed by atoms with E-state index in [0.29, 0.717) is 12.1 Å². The maximum atomic E-state index is 5.92. The fourth-order valence-electron chi connectivity index (χ4n) is 2.69. The second-order valence-corrected chi connectivity index (χ2v) is 5.25. The third kappa shape index (κ3) is 5.36. The standard InChI is InChI=1S/C14H30N2O/c1-3-4-5-6-7-14(12-15)16(2)13-8-10-17-11-9-13/h13-14H,3-12,15H2,1-2H3. The molecule has 102 valence electrons. The lowest BCUT2D eigenvalue weighted by molar-refractivity contribution is 0.0280. The molecule has 0 spiro atoms. The average molecular weight is 242 g/mol. The van der Waals surface area contributed by atoms with Gasteiger partial charge in [-0.15, -0.1) is 0 Å². The second kappa shape index (κ2) is 8.90. The third-order valence-corrected chi connectivity index (χ3v) is 4.01. The summed E-state index contributed by atoms with van der Waals surface area (Å²) in [7, 11) is 2.24. The van der Waals surface area contributed by atoms with E-state index in [-0.39, 0.29) is 0 Å². The molecule has 2 N–H and O–H groups in total. The molecule has 1 fully saturated rings. The number of hydrogen-bond donors (Lipinski definition) is 1. The SMILES string of the molecule is CCCCCCC(CN)N(C)C1CCOCC1. The fraction of sp³-hybridized carbons (Fsp3) is 1.00. The van der Waals surface area contributed by atoms with Gasteiger partial charge in [-0.25, -0.2) is 0 Å². The first-order valence-corrected chi connectivity index (χ1v) is 7.29. The topological polar surface area (TPSA) is 38.5 Å². The summed E-state index contributed by atoms with van der Waals surface area (Å²) in [6, 6.07) is 1.25. The minimum absolute atomic E-state index is 0.565. The predicted molar refractivity (Wildman–Crippen MR) is 73.2 cm³/mol. The Labute approximate surface area is 107 Å². The molecule has 0 saturated carbocycles. The lowest BCUT2D eigenvalue weighted by atomic mass is 10.0. The normalized spacial score (nSPS) is 19.8. The van der Waals surface area contributed by atoms with Crippen molar-refractivity contribution >= 4 is 0 Å². The van der Waals surface area contributed by atoms with Crippen LogP contribution in [0.1, 0.15) is 51.9 Å². The Morgan fingerprint density at radius 1 is 1.24 bits per heavy atom. The summed E-state index contributed by atoms with van der Waals surface area (Å²) in [6.07, 6.45) is 8.94. The van der Waals surface area contributed by atoms with Crippen LogP contribution in [0.25, 0.3) is 0 Å². The zero-order valence-corrected chi connectivity index (χ0v) is 11.7. The predicted octanol–water partition coefficient (Wildman–Crippen LogP) is 2.39. The molecule has 0 radical (unpaired) electrons. The molecule has 1 heterocycles. The van der Waals surface area contributed by atoms with Crippen molar-refractivity contribution < 1.29 is 4.74 Å². The van der Waals surface area contributed by atoms with E-state index >= 15 is 0 Å². The van der Waals surface area contributed by atoms with Crippen molar-refractivity contribution in [3.8, 4) is 0 Å². The highest BCUT2D eigenvalue weighted by Gasteiger charge is 2.23. The van der Waals surface area contributed by atoms with Crippen LogP contribution in [0.5, 0.6) is 0 Å². The molecule has 1 aliphatic heterocycles. The quantitative estimate of drug-likeness (QED) is 0.664. The zero-order chi connectivity index (χ0) is 12.5. The van der Waals surface area contributed by atoms with Crippen molar-refractivity contribution in [2.24, 2.45) is 5.73 Å². The van der Waals surface area contributed by atoms with Crippen LogP contribution in [0.4, 0.5) is 0 Å². The van der Waals surface area contributed by atoms with Crippen LogP contribution in [0.3, 0.4) is 0 Å². The molecule has 0 aromatic heterocycles. The van der Waals surface area contributed by atoms with E-state index in [0.717, 1.165) is 19.8 Å². The summed E-state index contributed by atoms with van der Waals surface area (Å²) in [6.45, 7) is 4.89. The van der Waals surface area contributed by atoms with E-state index in [9.17, 15) is 0 Å². The maximum Gasteiger partial charge on any atom is 0.0480 e. The molecule has 0 amide bonds. The highest BCUT2D eigenvalue weighted by atomic mass is 16.5. The van der Waals surface area contributed by atoms with Crippen molar-refractivity contribution in [1.29, 1.82) is 0 Å². The Morgan fingerprint density at radius 3 is 2.53 bits per heavy atom. The van der Waals surface area contributed by atoms with Crippen molar-refractivity contribution in [3.05, 3.63) is 0 Å². The van der Waals surface area contributed by atoms with E-state index in [1.807, 2.05) is 0 Å². The molecule has 1 saturated heterocycles. The first-order chi connectivity index (χ1) is 8.29. The van der Waals surface area contributed by atoms with Crippen molar-refractivity contribution in [1.82, 2.24) is 4.90 Å². The lowest BCUT2D eigenvalue weighted by Crippen LogP contribution is -2.46. The van der Waals surface area contributed by atoms with Gasteiger partial charge in [0, 0.05) is 31.8 Å². The van der Waals surface area contributed by atoms with E-state index in [1.54, 1.807) is 0 Å². The van der Waals surface area contributed by atoms with Crippen LogP contribution >= 0.6 is 0 Å². The van der Waals surface area contributed by atoms with Crippen LogP contribution in [0.15, 0.2) is 0 Å². The summed E-state index contributed by atoms with van der Waals surface area (Å²) in [4.78, 5) is 2.51. The molecule has 0 bridgehead atoms. The molecule has 0 aliphatic carbocycles. The zero-order valence-electron chi connectivity index (χ0n) is 11.7. The second-order valence-electron chi connectivity index (χ2n) is 5.25. The van der Waals surface area contributed by atoms with Crippen LogP contribution in [0.2, 0.25) is 0 Å². The number of nitrogens with zero attached hydrogens (tertiary/aromatic N) is 1. The van der Waals surface area contributed by atoms with Crippen LogP contribution < -0.4 is 5.73 Å². The summed E-state index contributed by atoms with van der Waals surface area (Å²) in [5, 5.41) is 0. The number of hydrogen-bond acceptors (Lipinski definition) is 3. The highest BCUT2D eigenvalue weighted by Crippen LogP contribution is 2.18. The summed E-state index contributed by atoms with van der Waals surface area (Å²) < 4.78 is 5.42. The van der Waals surface area contributed by atoms with E-state index in [2.05, 4.69) is 18.9 Å². The molecule has 1 aliphatic rings. The van der Waals surface area contributed by atoms with Gasteiger partial charge in [0.1, 0.15) is 0 Å². The molecule has 1 rings (SSSR count). The van der Waals surface area contributed by atoms with Gasteiger partial charge in [0.15, 0.2) is 0 Å². The third-order valence-electron chi connectivity index (χ3n) is 4.01. The summed E-state index contributed by atoms with van der Waals surface area (Å²) in [5.74, 6) is 0. The van der Waals surface area contributed by atoms with Gasteiger partial charge in [-0.1, -0.05) is 32.6 Å². The van der Waals surface area contributed by atoms with Crippen molar-refractivity contribution in [2.45, 2.75) is 64.0 Å². The van der Waals surface area contributed by atoms with Crippen molar-refractivity contribution in [2.75, 3.05) is 26.8 Å². The van der Waals surface area contributed by atoms with Gasteiger partial charge in [0.05, 0.1) is 0 Å². The molecular formula is C14H30N2O. The first kappa shape index (κ1) is 14.9. The average Bonchev–Trinajstić information content (AvgIpc) is 2.39. The number of rotatable bonds is 8. The molecule has 1 atom stereocenters. The number of unbranched alkanes of at least 4 members (excludes halogenated alkanes) is 3. The molecule has 0 aromatic rings. The lowest BCUT2D eigenvalue weighted by Gasteiger charge is -2.36. The fourth-order valence-corrected chi connectivity index (χ4v) is 2.69. The van der Waals surface area contributed by atoms with E-state index < -0.39 is 0 Å². The van der Waals surface area contributed by atoms with Gasteiger partial charge in [0.2, 0.25) is 0 Å². The monoisotopic (exact) mass is 242 g/mol. The van der Waals surface area contributed by atoms with Gasteiger partial charge >= 0.3 is 0 Å². The summed E-state index contributed by atoms with van der Waals surface area (Å²) in [5.41, 5.74) is 5.92. The molecule has 3 nitrogen and oxygen atoms in total. The van der Waals surface area contributed by atoms with Crippen LogP contribution in [0, 0.1) is 0 Å². The largest absolute Gasteiger partial charge is 0.381 e. The first-order valence-electron chi connectivity index (χ1n) is 7.29. The molecular weight excluding hydrogens is 212 g/mol. The van der Waals surface area contributed by atoms with Crippen LogP contribution in [-0.2, 0) is 4.74 Å². The maximum absolute atomic E-state index is 5.92. The van der Waals surface area contributed by atoms with Gasteiger partial charge in [0.25, 0.3) is 0 Å². The number of likely N-dealkylation sites (N-methyl/N-ethyl adjacent to an activating group) is 1. The highest BCUT2D eigenvalue weighted by molar-refractivity contribution is 4.79. The Hall–Kier alpha value is -0.120. The Kier molecular flexibility index (Phi) is 7.82. The van der Waals surface area contributed by atoms with Crippen molar-refractivity contribution in [3.63, 3.8) is 0 Å². The molecule has 1 unspecified atom stereocenters. The number of ether oxygens (including phenoxy) is 1. The van der Waals surface area contributed by atoms with Gasteiger partial charge in [-0.3, -0.25) is 4.90 Å². The van der Waals surface area contributed by atoms with Gasteiger partial charge < -0.3 is 10.5 Å². The smallest absolute Gasteiger partial charge is 0.0480 e. The summed E-state index contributed by atoms with van der Waals surface area (Å²) >= 11 is 0. The number of nitrogens with two attached hydrogens (primary N) is 1. The van der Waals surface area contributed by atoms with Gasteiger partial charge in [-0.2, -0.15) is 0 Å². The Bertz CT molecular complexity index is 181. The van der Waals surface area contributed by atoms with Crippen LogP contribution in [-0.4, -0.2) is 43.8 Å². The molecule has 17 heavy (non-hydrogen) atoms. The minimum atomic E-state index is 0.565. The van der Waals surface area contributed by atoms with E-state index in [4.69, 9.17) is 10.5 Å². The minimum Gasteiger partial charge on any atom is -0.381 e. The molecule has 3 heteroatoms. The Balaban J connectivity index is 2.26. The Morgan fingerprint density at radius 2 is 1.94 bits per heavy atom. The van der Waals surface area contributed by atoms with E-state index in [1.165, 1.54) is 44.9 Å². The van der Waals surface area contributed by atoms with Gasteiger partial charge in [-0.05, 0) is 26.3 Å². The molecule has 0 aromatic carbocycles.